The van der Waals surface area contributed by atoms with Gasteiger partial charge >= 0.3 is 23.9 Å². The van der Waals surface area contributed by atoms with Crippen molar-refractivity contribution in [3.05, 3.63) is 0 Å². The molecule has 4 aliphatic rings. The summed E-state index contributed by atoms with van der Waals surface area (Å²) in [5, 5.41) is 0. The number of hydrogen-bond donors (Lipinski definition) is 0. The Kier molecular flexibility index (Phi) is 23.2. The van der Waals surface area contributed by atoms with Crippen LogP contribution >= 0.6 is 68.3 Å². The number of hydrogen-bond acceptors (Lipinski definition) is 24. The van der Waals surface area contributed by atoms with Gasteiger partial charge in [-0.05, 0) is 47.2 Å². The summed E-state index contributed by atoms with van der Waals surface area (Å²) in [4.78, 5) is 53.1. The molecular formula is C37H64O16P4S8. The molecule has 0 aromatic rings. The highest BCUT2D eigenvalue weighted by molar-refractivity contribution is 8.69. The molecule has 4 heterocycles. The zero-order chi connectivity index (χ0) is 48.3. The van der Waals surface area contributed by atoms with Gasteiger partial charge in [-0.3, -0.25) is 19.2 Å². The molecule has 0 amide bonds. The lowest BCUT2D eigenvalue weighted by Crippen LogP contribution is -2.44. The van der Waals surface area contributed by atoms with E-state index in [0.717, 1.165) is 0 Å². The van der Waals surface area contributed by atoms with Crippen LogP contribution in [0.25, 0.3) is 0 Å². The van der Waals surface area contributed by atoms with Crippen molar-refractivity contribution in [3.8, 4) is 0 Å². The smallest absolute Gasteiger partial charge is 0.306 e. The van der Waals surface area contributed by atoms with Crippen molar-refractivity contribution >= 4 is 139 Å². The standard InChI is InChI=1S/C37H64O16P4S8/c1-33(2)17-46-54(58,47-18-33)62-13-9-29(38)42-25-37(26-43-30(39)10-14-63-55(59)48-19-34(3,4)20-49-55,27-44-31(40)11-15-64-56(60)50-21-35(5,6)22-51-56)28-45-32(41)12-16-65-57(61)52-23-36(7,8)24-53-57/h9-28H2,1-8H3. The Hall–Kier alpha value is 1.56. The van der Waals surface area contributed by atoms with Crippen LogP contribution in [-0.2, 0) is 122 Å². The quantitative estimate of drug-likeness (QED) is 0.0506. The lowest BCUT2D eigenvalue weighted by Gasteiger charge is -2.36. The van der Waals surface area contributed by atoms with Crippen molar-refractivity contribution in [3.63, 3.8) is 0 Å². The average Bonchev–Trinajstić information content (AvgIpc) is 3.23. The molecule has 0 radical (unpaired) electrons. The molecule has 376 valence electrons. The van der Waals surface area contributed by atoms with Crippen molar-refractivity contribution in [2.45, 2.75) is 81.1 Å². The Balaban J connectivity index is 1.42. The number of rotatable bonds is 24. The molecule has 0 aliphatic carbocycles. The molecule has 0 saturated carbocycles. The van der Waals surface area contributed by atoms with Gasteiger partial charge in [-0.15, -0.1) is 0 Å². The second-order valence-corrected chi connectivity index (χ2v) is 44.8. The second-order valence-electron chi connectivity index (χ2n) is 19.1. The van der Waals surface area contributed by atoms with E-state index in [1.54, 1.807) is 0 Å². The van der Waals surface area contributed by atoms with Gasteiger partial charge < -0.3 is 55.1 Å². The molecule has 0 spiro atoms. The average molecular weight is 1150 g/mol. The molecule has 0 N–H and O–H groups in total. The van der Waals surface area contributed by atoms with Gasteiger partial charge in [0, 0.05) is 44.7 Å². The van der Waals surface area contributed by atoms with E-state index in [9.17, 15) is 19.2 Å². The molecule has 0 unspecified atom stereocenters. The third kappa shape index (κ3) is 22.1. The third-order valence-corrected chi connectivity index (χ3v) is 30.5. The highest BCUT2D eigenvalue weighted by Gasteiger charge is 2.40. The summed E-state index contributed by atoms with van der Waals surface area (Å²) in [5.74, 6) is -1.45. The monoisotopic (exact) mass is 1140 g/mol. The maximum Gasteiger partial charge on any atom is 0.306 e. The number of esters is 4. The first kappa shape index (κ1) is 59.1. The number of carbonyl (C=O) groups excluding carboxylic acids is 4. The summed E-state index contributed by atoms with van der Waals surface area (Å²) in [5.41, 5.74) is -12.8. The number of carbonyl (C=O) groups is 4. The Morgan fingerprint density at radius 3 is 0.738 bits per heavy atom. The number of ether oxygens (including phenoxy) is 4. The highest BCUT2D eigenvalue weighted by atomic mass is 32.9. The maximum absolute atomic E-state index is 13.3. The SMILES string of the molecule is CC1(C)COP(=S)(SCCC(=O)OCC(COC(=O)CCSP2(=S)OCC(C)(C)CO2)(COC(=O)CCSP2(=S)OCC(C)(C)CO2)COC(=O)CCSP2(=S)OCC(C)(C)CO2)OC1. The third-order valence-electron chi connectivity index (χ3n) is 9.29. The van der Waals surface area contributed by atoms with E-state index in [1.165, 1.54) is 45.5 Å². The van der Waals surface area contributed by atoms with E-state index in [1.807, 2.05) is 55.4 Å². The predicted molar refractivity (Wildman–Crippen MR) is 274 cm³/mol. The van der Waals surface area contributed by atoms with Crippen LogP contribution in [0.4, 0.5) is 0 Å². The van der Waals surface area contributed by atoms with Gasteiger partial charge in [-0.25, -0.2) is 0 Å². The Bertz CT molecular complexity index is 1550. The lowest BCUT2D eigenvalue weighted by molar-refractivity contribution is -0.170. The van der Waals surface area contributed by atoms with E-state index >= 15 is 0 Å². The molecule has 16 nitrogen and oxygen atoms in total. The van der Waals surface area contributed by atoms with Gasteiger partial charge in [0.2, 0.25) is 22.8 Å². The Labute approximate surface area is 421 Å². The summed E-state index contributed by atoms with van der Waals surface area (Å²) < 4.78 is 70.1. The first-order chi connectivity index (χ1) is 30.1. The minimum atomic E-state index is -2.65. The molecule has 4 aliphatic heterocycles. The molecule has 28 heteroatoms. The van der Waals surface area contributed by atoms with Gasteiger partial charge in [0.05, 0.1) is 78.5 Å². The molecule has 65 heavy (non-hydrogen) atoms. The second kappa shape index (κ2) is 25.5. The Morgan fingerprint density at radius 1 is 0.400 bits per heavy atom. The molecular weight excluding hydrogens is 1080 g/mol. The van der Waals surface area contributed by atoms with E-state index in [-0.39, 0.29) is 70.4 Å². The van der Waals surface area contributed by atoms with Crippen molar-refractivity contribution in [1.82, 2.24) is 0 Å². The van der Waals surface area contributed by atoms with Crippen LogP contribution in [-0.4, -0.2) is 126 Å². The Morgan fingerprint density at radius 2 is 0.569 bits per heavy atom. The fourth-order valence-corrected chi connectivity index (χ4v) is 22.7. The first-order valence-corrected chi connectivity index (χ1v) is 37.7. The van der Waals surface area contributed by atoms with Crippen molar-refractivity contribution < 1.29 is 74.3 Å². The zero-order valence-electron chi connectivity index (χ0n) is 38.2. The first-order valence-electron chi connectivity index (χ1n) is 20.8. The molecule has 0 aromatic carbocycles. The highest BCUT2D eigenvalue weighted by Crippen LogP contribution is 2.67. The summed E-state index contributed by atoms with van der Waals surface area (Å²) in [6.07, 6.45) is -0.246. The van der Waals surface area contributed by atoms with Gasteiger partial charge in [0.1, 0.15) is 31.8 Å². The zero-order valence-corrected chi connectivity index (χ0v) is 48.3. The van der Waals surface area contributed by atoms with Gasteiger partial charge in [0.15, 0.2) is 0 Å². The van der Waals surface area contributed by atoms with Crippen molar-refractivity contribution in [2.75, 3.05) is 102 Å². The molecule has 0 atom stereocenters. The fourth-order valence-electron chi connectivity index (χ4n) is 5.08. The van der Waals surface area contributed by atoms with Crippen LogP contribution in [0.5, 0.6) is 0 Å². The molecule has 0 bridgehead atoms. The van der Waals surface area contributed by atoms with Crippen LogP contribution in [0.15, 0.2) is 0 Å². The van der Waals surface area contributed by atoms with Crippen molar-refractivity contribution in [1.29, 1.82) is 0 Å². The topological polar surface area (TPSA) is 179 Å². The van der Waals surface area contributed by atoms with Gasteiger partial charge in [-0.1, -0.05) is 101 Å². The fraction of sp³-hybridized carbons (Fsp3) is 0.892. The van der Waals surface area contributed by atoms with E-state index < -0.39 is 78.5 Å². The lowest BCUT2D eigenvalue weighted by atomic mass is 9.92. The molecule has 4 saturated heterocycles. The van der Waals surface area contributed by atoms with Crippen molar-refractivity contribution in [2.24, 2.45) is 27.1 Å². The van der Waals surface area contributed by atoms with Gasteiger partial charge in [-0.2, -0.15) is 0 Å². The van der Waals surface area contributed by atoms with Crippen LogP contribution < -0.4 is 0 Å². The van der Waals surface area contributed by atoms with Crippen LogP contribution in [0.2, 0.25) is 0 Å². The van der Waals surface area contributed by atoms with E-state index in [2.05, 4.69) is 0 Å². The van der Waals surface area contributed by atoms with E-state index in [0.29, 0.717) is 52.9 Å². The largest absolute Gasteiger partial charge is 0.465 e. The van der Waals surface area contributed by atoms with Gasteiger partial charge in [0.25, 0.3) is 0 Å². The molecule has 4 fully saturated rings. The minimum absolute atomic E-state index is 0.0614. The molecule has 4 rings (SSSR count). The minimum Gasteiger partial charge on any atom is -0.465 e. The molecule has 0 aromatic heterocycles. The van der Waals surface area contributed by atoms with Crippen LogP contribution in [0.3, 0.4) is 0 Å². The summed E-state index contributed by atoms with van der Waals surface area (Å²) >= 11 is 27.5. The predicted octanol–water partition coefficient (Wildman–Crippen LogP) is 9.83. The van der Waals surface area contributed by atoms with E-state index in [4.69, 9.17) is 102 Å². The normalized spacial score (nSPS) is 23.6. The maximum atomic E-state index is 13.3. The summed E-state index contributed by atoms with van der Waals surface area (Å²) in [6.45, 7) is 17.9. The summed E-state index contributed by atoms with van der Waals surface area (Å²) in [6, 6.07) is 0. The van der Waals surface area contributed by atoms with Crippen LogP contribution in [0, 0.1) is 27.1 Å². The summed E-state index contributed by atoms with van der Waals surface area (Å²) in [7, 11) is 0. The van der Waals surface area contributed by atoms with Crippen LogP contribution in [0.1, 0.15) is 81.1 Å².